The lowest BCUT2D eigenvalue weighted by atomic mass is 9.99. The molecule has 0 aliphatic carbocycles. The maximum atomic E-state index is 4.44. The first-order chi connectivity index (χ1) is 14.7. The Morgan fingerprint density at radius 1 is 0.733 bits per heavy atom. The Balaban J connectivity index is 1.95. The average Bonchev–Trinajstić information content (AvgIpc) is 3.07. The molecule has 0 saturated carbocycles. The SMILES string of the molecule is Cc1ccncc1-c1n(-c2c(C)cccc2-c2ccccc2)c2ccccc2[n+]1C. The Hall–Kier alpha value is -3.72. The standard InChI is InChI=1S/C27H24N3/c1-19-16-17-28-18-23(19)27-29(3)24-14-7-8-15-25(24)30(27)26-20(2)10-9-13-22(26)21-11-5-4-6-12-21/h4-18H,1-3H3/q+1. The summed E-state index contributed by atoms with van der Waals surface area (Å²) in [5.74, 6) is 1.13. The van der Waals surface area contributed by atoms with Crippen LogP contribution in [0.3, 0.4) is 0 Å². The Morgan fingerprint density at radius 3 is 2.30 bits per heavy atom. The third-order valence-corrected chi connectivity index (χ3v) is 5.84. The first-order valence-electron chi connectivity index (χ1n) is 10.2. The first kappa shape index (κ1) is 18.3. The van der Waals surface area contributed by atoms with E-state index >= 15 is 0 Å². The molecule has 0 bridgehead atoms. The van der Waals surface area contributed by atoms with E-state index in [0.717, 1.165) is 11.4 Å². The Morgan fingerprint density at radius 2 is 1.50 bits per heavy atom. The van der Waals surface area contributed by atoms with Gasteiger partial charge in [-0.1, -0.05) is 60.7 Å². The van der Waals surface area contributed by atoms with E-state index in [0.29, 0.717) is 0 Å². The number of hydrogen-bond donors (Lipinski definition) is 0. The van der Waals surface area contributed by atoms with Gasteiger partial charge in [-0.2, -0.15) is 4.57 Å². The topological polar surface area (TPSA) is 21.7 Å². The number of imidazole rings is 1. The zero-order valence-electron chi connectivity index (χ0n) is 17.5. The zero-order chi connectivity index (χ0) is 20.7. The number of para-hydroxylation sites is 3. The van der Waals surface area contributed by atoms with Crippen LogP contribution in [0, 0.1) is 13.8 Å². The molecule has 3 aromatic carbocycles. The maximum Gasteiger partial charge on any atom is 0.296 e. The number of rotatable bonds is 3. The van der Waals surface area contributed by atoms with E-state index in [1.165, 1.54) is 39.0 Å². The van der Waals surface area contributed by atoms with Gasteiger partial charge in [-0.05, 0) is 48.7 Å². The number of aromatic nitrogens is 3. The van der Waals surface area contributed by atoms with E-state index in [1.807, 2.05) is 12.4 Å². The van der Waals surface area contributed by atoms with Crippen LogP contribution in [0.5, 0.6) is 0 Å². The lowest BCUT2D eigenvalue weighted by Crippen LogP contribution is -2.30. The number of hydrogen-bond acceptors (Lipinski definition) is 1. The van der Waals surface area contributed by atoms with Crippen LogP contribution in [0.25, 0.3) is 39.2 Å². The summed E-state index contributed by atoms with van der Waals surface area (Å²) >= 11 is 0. The second-order valence-electron chi connectivity index (χ2n) is 7.73. The highest BCUT2D eigenvalue weighted by atomic mass is 15.2. The molecule has 3 nitrogen and oxygen atoms in total. The van der Waals surface area contributed by atoms with Gasteiger partial charge in [-0.15, -0.1) is 0 Å². The molecule has 0 radical (unpaired) electrons. The van der Waals surface area contributed by atoms with Crippen LogP contribution in [0.15, 0.2) is 91.3 Å². The molecule has 0 aliphatic rings. The highest BCUT2D eigenvalue weighted by Crippen LogP contribution is 2.35. The molecule has 0 unspecified atom stereocenters. The van der Waals surface area contributed by atoms with Crippen LogP contribution in [0.4, 0.5) is 0 Å². The van der Waals surface area contributed by atoms with Gasteiger partial charge in [0.15, 0.2) is 11.0 Å². The Kier molecular flexibility index (Phi) is 4.44. The van der Waals surface area contributed by atoms with Gasteiger partial charge in [-0.25, -0.2) is 4.57 Å². The highest BCUT2D eigenvalue weighted by molar-refractivity contribution is 5.84. The molecule has 0 fully saturated rings. The molecule has 3 heteroatoms. The number of fused-ring (bicyclic) bond motifs is 1. The Bertz CT molecular complexity index is 1360. The molecule has 0 atom stereocenters. The lowest BCUT2D eigenvalue weighted by Gasteiger charge is -2.13. The number of pyridine rings is 1. The molecule has 5 rings (SSSR count). The van der Waals surface area contributed by atoms with Crippen molar-refractivity contribution in [3.8, 4) is 28.2 Å². The molecule has 0 aliphatic heterocycles. The third-order valence-electron chi connectivity index (χ3n) is 5.84. The fourth-order valence-electron chi connectivity index (χ4n) is 4.35. The number of aryl methyl sites for hydroxylation is 3. The van der Waals surface area contributed by atoms with Crippen molar-refractivity contribution < 1.29 is 4.57 Å². The van der Waals surface area contributed by atoms with Crippen LogP contribution in [0.1, 0.15) is 11.1 Å². The fraction of sp³-hybridized carbons (Fsp3) is 0.111. The predicted molar refractivity (Wildman–Crippen MR) is 123 cm³/mol. The third kappa shape index (κ3) is 2.82. The summed E-state index contributed by atoms with van der Waals surface area (Å²) < 4.78 is 4.68. The molecule has 146 valence electrons. The van der Waals surface area contributed by atoms with Crippen molar-refractivity contribution in [3.05, 3.63) is 102 Å². The summed E-state index contributed by atoms with van der Waals surface area (Å²) in [4.78, 5) is 4.44. The van der Waals surface area contributed by atoms with Gasteiger partial charge in [0.2, 0.25) is 0 Å². The number of benzene rings is 3. The van der Waals surface area contributed by atoms with Gasteiger partial charge >= 0.3 is 0 Å². The molecular formula is C27H24N3+. The summed E-state index contributed by atoms with van der Waals surface area (Å²) in [6.07, 6.45) is 3.83. The van der Waals surface area contributed by atoms with Gasteiger partial charge in [0, 0.05) is 18.0 Å². The summed E-state index contributed by atoms with van der Waals surface area (Å²) in [7, 11) is 2.14. The summed E-state index contributed by atoms with van der Waals surface area (Å²) in [5, 5.41) is 0. The summed E-state index contributed by atoms with van der Waals surface area (Å²) in [6, 6.07) is 27.8. The second-order valence-corrected chi connectivity index (χ2v) is 7.73. The van der Waals surface area contributed by atoms with Gasteiger partial charge in [0.05, 0.1) is 12.6 Å². The quantitative estimate of drug-likeness (QED) is 0.357. The molecule has 30 heavy (non-hydrogen) atoms. The minimum absolute atomic E-state index is 1.13. The van der Waals surface area contributed by atoms with Crippen LogP contribution in [0.2, 0.25) is 0 Å². The fourth-order valence-corrected chi connectivity index (χ4v) is 4.35. The van der Waals surface area contributed by atoms with Crippen molar-refractivity contribution in [2.45, 2.75) is 13.8 Å². The molecule has 0 amide bonds. The van der Waals surface area contributed by atoms with Crippen LogP contribution in [-0.4, -0.2) is 9.55 Å². The minimum atomic E-state index is 1.13. The van der Waals surface area contributed by atoms with Gasteiger partial charge in [-0.3, -0.25) is 4.98 Å². The van der Waals surface area contributed by atoms with E-state index in [-0.39, 0.29) is 0 Å². The average molecular weight is 391 g/mol. The van der Waals surface area contributed by atoms with Crippen LogP contribution >= 0.6 is 0 Å². The van der Waals surface area contributed by atoms with Crippen molar-refractivity contribution >= 4 is 11.0 Å². The van der Waals surface area contributed by atoms with Crippen molar-refractivity contribution in [2.24, 2.45) is 7.05 Å². The number of nitrogens with zero attached hydrogens (tertiary/aromatic N) is 3. The molecular weight excluding hydrogens is 366 g/mol. The molecule has 2 heterocycles. The summed E-state index contributed by atoms with van der Waals surface area (Å²) in [6.45, 7) is 4.34. The van der Waals surface area contributed by atoms with Gasteiger partial charge in [0.25, 0.3) is 5.82 Å². The molecule has 0 N–H and O–H groups in total. The van der Waals surface area contributed by atoms with E-state index in [2.05, 4.69) is 114 Å². The Labute approximate surface area is 176 Å². The normalized spacial score (nSPS) is 11.2. The lowest BCUT2D eigenvalue weighted by molar-refractivity contribution is -0.633. The van der Waals surface area contributed by atoms with E-state index in [9.17, 15) is 0 Å². The molecule has 0 spiro atoms. The predicted octanol–water partition coefficient (Wildman–Crippen LogP) is 5.80. The van der Waals surface area contributed by atoms with E-state index < -0.39 is 0 Å². The smallest absolute Gasteiger partial charge is 0.264 e. The van der Waals surface area contributed by atoms with Crippen molar-refractivity contribution in [3.63, 3.8) is 0 Å². The molecule has 5 aromatic rings. The van der Waals surface area contributed by atoms with Crippen LogP contribution < -0.4 is 4.57 Å². The summed E-state index contributed by atoms with van der Waals surface area (Å²) in [5.41, 5.74) is 9.60. The van der Waals surface area contributed by atoms with Crippen molar-refractivity contribution in [2.75, 3.05) is 0 Å². The highest BCUT2D eigenvalue weighted by Gasteiger charge is 2.29. The largest absolute Gasteiger partial charge is 0.296 e. The van der Waals surface area contributed by atoms with E-state index in [4.69, 9.17) is 0 Å². The van der Waals surface area contributed by atoms with Crippen LogP contribution in [-0.2, 0) is 7.05 Å². The monoisotopic (exact) mass is 390 g/mol. The molecule has 0 saturated heterocycles. The van der Waals surface area contributed by atoms with Crippen molar-refractivity contribution in [1.82, 2.24) is 9.55 Å². The maximum absolute atomic E-state index is 4.44. The van der Waals surface area contributed by atoms with Crippen molar-refractivity contribution in [1.29, 1.82) is 0 Å². The minimum Gasteiger partial charge on any atom is -0.264 e. The van der Waals surface area contributed by atoms with E-state index in [1.54, 1.807) is 0 Å². The first-order valence-corrected chi connectivity index (χ1v) is 10.2. The second kappa shape index (κ2) is 7.27. The van der Waals surface area contributed by atoms with Gasteiger partial charge < -0.3 is 0 Å². The zero-order valence-corrected chi connectivity index (χ0v) is 17.5. The van der Waals surface area contributed by atoms with Gasteiger partial charge in [0.1, 0.15) is 5.69 Å². The molecule has 2 aromatic heterocycles.